The van der Waals surface area contributed by atoms with Gasteiger partial charge in [-0.25, -0.2) is 0 Å². The normalized spacial score (nSPS) is 19.7. The number of anilines is 2. The highest BCUT2D eigenvalue weighted by molar-refractivity contribution is 5.75. The van der Waals surface area contributed by atoms with Gasteiger partial charge in [0.05, 0.1) is 19.1 Å². The Labute approximate surface area is 243 Å². The maximum atomic E-state index is 13.1. The number of ether oxygens (including phenoxy) is 3. The van der Waals surface area contributed by atoms with E-state index in [0.717, 1.165) is 42.2 Å². The van der Waals surface area contributed by atoms with Crippen molar-refractivity contribution in [1.82, 2.24) is 0 Å². The number of benzene rings is 3. The Morgan fingerprint density at radius 1 is 0.927 bits per heavy atom. The van der Waals surface area contributed by atoms with Crippen LogP contribution in [0.3, 0.4) is 0 Å². The molecule has 0 aliphatic carbocycles. The summed E-state index contributed by atoms with van der Waals surface area (Å²) in [5.41, 5.74) is 4.19. The number of carboxylic acid groups (broad SMARTS) is 1. The highest BCUT2D eigenvalue weighted by Gasteiger charge is 2.44. The van der Waals surface area contributed by atoms with E-state index < -0.39 is 11.9 Å². The van der Waals surface area contributed by atoms with Crippen LogP contribution in [0.1, 0.15) is 69.0 Å². The lowest BCUT2D eigenvalue weighted by Gasteiger charge is -2.45. The van der Waals surface area contributed by atoms with Crippen LogP contribution in [-0.4, -0.2) is 44.6 Å². The first-order chi connectivity index (χ1) is 20.0. The molecule has 1 N–H and O–H groups in total. The zero-order valence-corrected chi connectivity index (χ0v) is 24.4. The van der Waals surface area contributed by atoms with Gasteiger partial charge in [0.15, 0.2) is 11.5 Å². The molecule has 7 heteroatoms. The van der Waals surface area contributed by atoms with E-state index in [9.17, 15) is 9.90 Å². The summed E-state index contributed by atoms with van der Waals surface area (Å²) in [6.07, 6.45) is 5.37. The summed E-state index contributed by atoms with van der Waals surface area (Å²) < 4.78 is 16.6. The fourth-order valence-electron chi connectivity index (χ4n) is 6.24. The molecule has 41 heavy (non-hydrogen) atoms. The number of hydrogen-bond acceptors (Lipinski definition) is 6. The van der Waals surface area contributed by atoms with Gasteiger partial charge in [-0.05, 0) is 78.9 Å². The van der Waals surface area contributed by atoms with Crippen molar-refractivity contribution in [3.05, 3.63) is 77.9 Å². The summed E-state index contributed by atoms with van der Waals surface area (Å²) in [6, 6.07) is 22.0. The standard InChI is InChI=1S/C34H42N2O5/c1-4-6-19-35(20-7-5-2)26-11-13-27(14-12-26)36-21-18-29(25-10-17-30-31(22-25)41-23-40-30)32(34(37)38)33(36)24-8-15-28(39-3)16-9-24/h8-17,22,29,32-33H,4-7,18-21,23H2,1-3H3,(H,37,38). The smallest absolute Gasteiger partial charge is 0.309 e. The Kier molecular flexibility index (Phi) is 9.22. The third kappa shape index (κ3) is 6.24. The fraction of sp³-hybridized carbons (Fsp3) is 0.441. The lowest BCUT2D eigenvalue weighted by atomic mass is 9.73. The first-order valence-electron chi connectivity index (χ1n) is 14.9. The summed E-state index contributed by atoms with van der Waals surface area (Å²) in [7, 11) is 1.64. The van der Waals surface area contributed by atoms with Crippen LogP contribution in [0.15, 0.2) is 66.7 Å². The van der Waals surface area contributed by atoms with E-state index >= 15 is 0 Å². The monoisotopic (exact) mass is 558 g/mol. The third-order valence-electron chi connectivity index (χ3n) is 8.47. The molecule has 7 nitrogen and oxygen atoms in total. The topological polar surface area (TPSA) is 71.5 Å². The lowest BCUT2D eigenvalue weighted by Crippen LogP contribution is -2.45. The molecule has 218 valence electrons. The van der Waals surface area contributed by atoms with E-state index in [2.05, 4.69) is 47.9 Å². The van der Waals surface area contributed by atoms with Crippen molar-refractivity contribution in [3.63, 3.8) is 0 Å². The van der Waals surface area contributed by atoms with Crippen LogP contribution in [-0.2, 0) is 4.79 Å². The molecule has 3 aromatic rings. The van der Waals surface area contributed by atoms with E-state index in [-0.39, 0.29) is 18.8 Å². The predicted molar refractivity (Wildman–Crippen MR) is 163 cm³/mol. The second-order valence-electron chi connectivity index (χ2n) is 11.0. The minimum absolute atomic E-state index is 0.178. The van der Waals surface area contributed by atoms with Crippen LogP contribution in [0.4, 0.5) is 11.4 Å². The van der Waals surface area contributed by atoms with Crippen LogP contribution in [0.5, 0.6) is 17.2 Å². The third-order valence-corrected chi connectivity index (χ3v) is 8.47. The van der Waals surface area contributed by atoms with Gasteiger partial charge in [0.25, 0.3) is 0 Å². The number of unbranched alkanes of at least 4 members (excludes halogenated alkanes) is 2. The molecule has 0 spiro atoms. The van der Waals surface area contributed by atoms with Gasteiger partial charge in [-0.2, -0.15) is 0 Å². The van der Waals surface area contributed by atoms with Gasteiger partial charge in [-0.1, -0.05) is 44.9 Å². The molecule has 2 heterocycles. The van der Waals surface area contributed by atoms with E-state index in [1.807, 2.05) is 42.5 Å². The Morgan fingerprint density at radius 2 is 1.59 bits per heavy atom. The summed E-state index contributed by atoms with van der Waals surface area (Å²) >= 11 is 0. The summed E-state index contributed by atoms with van der Waals surface area (Å²) in [5.74, 6) is 0.489. The number of fused-ring (bicyclic) bond motifs is 1. The molecule has 3 aromatic carbocycles. The van der Waals surface area contributed by atoms with Crippen molar-refractivity contribution in [2.24, 2.45) is 5.92 Å². The average molecular weight is 559 g/mol. The van der Waals surface area contributed by atoms with Gasteiger partial charge in [0, 0.05) is 36.9 Å². The number of hydrogen-bond donors (Lipinski definition) is 1. The lowest BCUT2D eigenvalue weighted by molar-refractivity contribution is -0.144. The van der Waals surface area contributed by atoms with Gasteiger partial charge >= 0.3 is 5.97 Å². The average Bonchev–Trinajstić information content (AvgIpc) is 3.49. The number of carboxylic acids is 1. The highest BCUT2D eigenvalue weighted by atomic mass is 16.7. The van der Waals surface area contributed by atoms with Crippen LogP contribution in [0, 0.1) is 5.92 Å². The molecular weight excluding hydrogens is 516 g/mol. The van der Waals surface area contributed by atoms with Crippen molar-refractivity contribution < 1.29 is 24.1 Å². The molecule has 3 unspecified atom stereocenters. The minimum atomic E-state index is -0.805. The van der Waals surface area contributed by atoms with Crippen molar-refractivity contribution in [1.29, 1.82) is 0 Å². The SMILES string of the molecule is CCCCN(CCCC)c1ccc(N2CCC(c3ccc4c(c3)OCO4)C(C(=O)O)C2c2ccc(OC)cc2)cc1. The molecule has 0 bridgehead atoms. The van der Waals surface area contributed by atoms with Crippen molar-refractivity contribution in [2.45, 2.75) is 57.9 Å². The van der Waals surface area contributed by atoms with Crippen molar-refractivity contribution in [3.8, 4) is 17.2 Å². The fourth-order valence-corrected chi connectivity index (χ4v) is 6.24. The maximum Gasteiger partial charge on any atom is 0.309 e. The molecule has 0 amide bonds. The Bertz CT molecular complexity index is 1290. The minimum Gasteiger partial charge on any atom is -0.497 e. The van der Waals surface area contributed by atoms with Crippen molar-refractivity contribution >= 4 is 17.3 Å². The molecule has 2 aliphatic rings. The van der Waals surface area contributed by atoms with Gasteiger partial charge in [0.1, 0.15) is 5.75 Å². The molecule has 1 fully saturated rings. The first-order valence-corrected chi connectivity index (χ1v) is 14.9. The summed E-state index contributed by atoms with van der Waals surface area (Å²) in [4.78, 5) is 17.8. The number of piperidine rings is 1. The van der Waals surface area contributed by atoms with Crippen LogP contribution < -0.4 is 24.0 Å². The Hall–Kier alpha value is -3.87. The maximum absolute atomic E-state index is 13.1. The van der Waals surface area contributed by atoms with E-state index in [4.69, 9.17) is 14.2 Å². The van der Waals surface area contributed by atoms with Crippen LogP contribution in [0.25, 0.3) is 0 Å². The van der Waals surface area contributed by atoms with E-state index in [1.165, 1.54) is 31.4 Å². The van der Waals surface area contributed by atoms with Gasteiger partial charge < -0.3 is 29.1 Å². The largest absolute Gasteiger partial charge is 0.497 e. The van der Waals surface area contributed by atoms with Crippen LogP contribution >= 0.6 is 0 Å². The number of carbonyl (C=O) groups is 1. The molecule has 0 aromatic heterocycles. The highest BCUT2D eigenvalue weighted by Crippen LogP contribution is 2.48. The quantitative estimate of drug-likeness (QED) is 0.251. The molecule has 1 saturated heterocycles. The zero-order valence-electron chi connectivity index (χ0n) is 24.4. The second-order valence-corrected chi connectivity index (χ2v) is 11.0. The summed E-state index contributed by atoms with van der Waals surface area (Å²) in [5, 5.41) is 10.7. The second kappa shape index (κ2) is 13.2. The number of nitrogens with zero attached hydrogens (tertiary/aromatic N) is 2. The zero-order chi connectivity index (χ0) is 28.8. The molecule has 3 atom stereocenters. The Balaban J connectivity index is 1.50. The Morgan fingerprint density at radius 3 is 2.22 bits per heavy atom. The molecular formula is C34H42N2O5. The molecule has 0 radical (unpaired) electrons. The number of aliphatic carboxylic acids is 1. The molecule has 0 saturated carbocycles. The van der Waals surface area contributed by atoms with E-state index in [1.54, 1.807) is 7.11 Å². The number of methoxy groups -OCH3 is 1. The van der Waals surface area contributed by atoms with Gasteiger partial charge in [0.2, 0.25) is 6.79 Å². The van der Waals surface area contributed by atoms with Crippen LogP contribution in [0.2, 0.25) is 0 Å². The number of rotatable bonds is 12. The van der Waals surface area contributed by atoms with Gasteiger partial charge in [-0.3, -0.25) is 4.79 Å². The summed E-state index contributed by atoms with van der Waals surface area (Å²) in [6.45, 7) is 7.48. The van der Waals surface area contributed by atoms with E-state index in [0.29, 0.717) is 17.9 Å². The van der Waals surface area contributed by atoms with Gasteiger partial charge in [-0.15, -0.1) is 0 Å². The van der Waals surface area contributed by atoms with Crippen molar-refractivity contribution in [2.75, 3.05) is 43.3 Å². The molecule has 5 rings (SSSR count). The first kappa shape index (κ1) is 28.7. The predicted octanol–water partition coefficient (Wildman–Crippen LogP) is 7.27. The molecule has 2 aliphatic heterocycles.